The van der Waals surface area contributed by atoms with Gasteiger partial charge in [-0.15, -0.1) is 0 Å². The molecule has 406 valence electrons. The molecular formula is C64H78F2O8P2. The van der Waals surface area contributed by atoms with Crippen LogP contribution in [-0.2, 0) is 32.5 Å². The second kappa shape index (κ2) is 19.6. The van der Waals surface area contributed by atoms with Crippen LogP contribution in [0.5, 0.6) is 23.0 Å². The highest BCUT2D eigenvalue weighted by Crippen LogP contribution is 2.57. The fourth-order valence-corrected chi connectivity index (χ4v) is 12.0. The van der Waals surface area contributed by atoms with Crippen molar-refractivity contribution in [3.8, 4) is 34.1 Å². The summed E-state index contributed by atoms with van der Waals surface area (Å²) in [6.07, 6.45) is 0. The summed E-state index contributed by atoms with van der Waals surface area (Å²) in [6.45, 7) is 43.6. The first kappa shape index (κ1) is 56.4. The lowest BCUT2D eigenvalue weighted by molar-refractivity contribution is 0.405. The van der Waals surface area contributed by atoms with E-state index in [2.05, 4.69) is 149 Å². The Balaban J connectivity index is 1.57. The predicted molar refractivity (Wildman–Crippen MR) is 311 cm³/mol. The van der Waals surface area contributed by atoms with E-state index in [0.717, 1.165) is 44.2 Å². The fourth-order valence-electron chi connectivity index (χ4n) is 9.79. The number of methoxy groups -OCH3 is 2. The van der Waals surface area contributed by atoms with E-state index in [1.807, 2.05) is 26.0 Å². The van der Waals surface area contributed by atoms with Crippen molar-refractivity contribution >= 4 is 60.4 Å². The molecule has 0 N–H and O–H groups in total. The van der Waals surface area contributed by atoms with E-state index in [4.69, 9.17) is 35.3 Å². The van der Waals surface area contributed by atoms with Crippen LogP contribution in [0.15, 0.2) is 89.6 Å². The van der Waals surface area contributed by atoms with Gasteiger partial charge in [-0.05, 0) is 118 Å². The van der Waals surface area contributed by atoms with Crippen LogP contribution in [0.3, 0.4) is 0 Å². The van der Waals surface area contributed by atoms with Crippen molar-refractivity contribution in [2.75, 3.05) is 14.2 Å². The molecule has 0 atom stereocenters. The predicted octanol–water partition coefficient (Wildman–Crippen LogP) is 20.9. The van der Waals surface area contributed by atoms with Crippen molar-refractivity contribution < 1.29 is 44.1 Å². The average molecular weight is 1080 g/mol. The number of halogens is 2. The van der Waals surface area contributed by atoms with Crippen molar-refractivity contribution in [2.45, 2.75) is 171 Å². The summed E-state index contributed by atoms with van der Waals surface area (Å²) in [4.78, 5) is 0. The molecule has 0 radical (unpaired) electrons. The van der Waals surface area contributed by atoms with Crippen molar-refractivity contribution in [3.63, 3.8) is 0 Å². The van der Waals surface area contributed by atoms with Gasteiger partial charge in [0.05, 0.1) is 14.2 Å². The first-order chi connectivity index (χ1) is 35.0. The Morgan fingerprint density at radius 2 is 0.711 bits per heavy atom. The largest absolute Gasteiger partial charge is 0.496 e. The quantitative estimate of drug-likeness (QED) is 0.156. The van der Waals surface area contributed by atoms with Gasteiger partial charge < -0.3 is 35.3 Å². The zero-order valence-electron chi connectivity index (χ0n) is 48.8. The highest BCUT2D eigenvalue weighted by Gasteiger charge is 2.36. The molecule has 0 aliphatic heterocycles. The molecule has 0 unspecified atom stereocenters. The smallest absolute Gasteiger partial charge is 0.453 e. The topological polar surface area (TPSA) is 89.5 Å². The molecule has 8 aromatic rings. The summed E-state index contributed by atoms with van der Waals surface area (Å²) in [6, 6.07) is 21.5. The number of rotatable bonds is 7. The molecule has 2 heterocycles. The Hall–Kier alpha value is -5.82. The van der Waals surface area contributed by atoms with Crippen molar-refractivity contribution in [2.24, 2.45) is 0 Å². The molecule has 0 saturated heterocycles. The van der Waals surface area contributed by atoms with Crippen molar-refractivity contribution in [1.29, 1.82) is 0 Å². The molecule has 0 aliphatic carbocycles. The maximum Gasteiger partial charge on any atom is 0.453 e. The molecule has 76 heavy (non-hydrogen) atoms. The zero-order chi connectivity index (χ0) is 56.2. The minimum absolute atomic E-state index is 0.188. The van der Waals surface area contributed by atoms with Crippen LogP contribution >= 0.6 is 16.5 Å². The molecule has 0 amide bonds. The van der Waals surface area contributed by atoms with E-state index in [1.165, 1.54) is 47.5 Å². The third-order valence-corrected chi connectivity index (χ3v) is 16.3. The lowest BCUT2D eigenvalue weighted by atomic mass is 9.77. The highest BCUT2D eigenvalue weighted by molar-refractivity contribution is 7.32. The number of fused-ring (bicyclic) bond motifs is 6. The number of hydrogen-bond donors (Lipinski definition) is 0. The molecular weight excluding hydrogens is 997 g/mol. The Morgan fingerprint density at radius 3 is 1.01 bits per heavy atom. The molecule has 8 nitrogen and oxygen atoms in total. The van der Waals surface area contributed by atoms with Gasteiger partial charge in [-0.25, -0.2) is 8.78 Å². The van der Waals surface area contributed by atoms with Crippen LogP contribution in [0, 0.1) is 25.5 Å². The molecule has 2 aromatic heterocycles. The van der Waals surface area contributed by atoms with Gasteiger partial charge >= 0.3 is 16.5 Å². The molecule has 0 bridgehead atoms. The average Bonchev–Trinajstić information content (AvgIpc) is 3.54. The third-order valence-electron chi connectivity index (χ3n) is 14.3. The third kappa shape index (κ3) is 10.9. The van der Waals surface area contributed by atoms with E-state index in [-0.39, 0.29) is 32.8 Å². The van der Waals surface area contributed by atoms with Crippen LogP contribution < -0.4 is 18.5 Å². The summed E-state index contributed by atoms with van der Waals surface area (Å²) in [7, 11) is -1.34. The SMILES string of the molecule is COc1cc(C(C)(C)C)c(Op2oc3ccc(F)cc3c3cc(F)ccc3o2)c(-c2c(C)c(OC)cc(C(C)(C)C)c2Op2oc3c(C(C)(C)C)cc(C(C)(C)C)cc3c3cc(C(C)(C)C)cc(C(C)(C)C)c3o2)c1C. The number of hydrogen-bond acceptors (Lipinski definition) is 8. The van der Waals surface area contributed by atoms with E-state index in [0.29, 0.717) is 56.1 Å². The van der Waals surface area contributed by atoms with Crippen LogP contribution in [0.1, 0.15) is 169 Å². The van der Waals surface area contributed by atoms with E-state index in [1.54, 1.807) is 14.2 Å². The summed E-state index contributed by atoms with van der Waals surface area (Å²) >= 11 is 0. The van der Waals surface area contributed by atoms with Gasteiger partial charge in [0.2, 0.25) is 0 Å². The standard InChI is InChI=1S/C64H78F2O8P2/c1-35-51(67-21)33-47(63(15,16)17)57(73-75-69-49-25-23-39(65)31-41(49)42-32-40(66)24-26-50(42)70-75)53(35)54-36(2)52(68-22)34-48(64(18,19)20)58(54)74-76-71-55-43(27-37(59(3,4)5)29-45(55)61(9,10)11)44-28-38(60(6,7)8)30-46(56(44)72-76)62(12,13)14/h23-34H,1-22H3. The van der Waals surface area contributed by atoms with Crippen LogP contribution in [0.25, 0.3) is 55.0 Å². The van der Waals surface area contributed by atoms with Gasteiger partial charge in [-0.2, -0.15) is 0 Å². The van der Waals surface area contributed by atoms with E-state index >= 15 is 0 Å². The van der Waals surface area contributed by atoms with Gasteiger partial charge in [0.15, 0.2) is 0 Å². The maximum absolute atomic E-state index is 15.0. The van der Waals surface area contributed by atoms with Crippen molar-refractivity contribution in [1.82, 2.24) is 0 Å². The maximum atomic E-state index is 15.0. The zero-order valence-corrected chi connectivity index (χ0v) is 50.6. The Labute approximate surface area is 450 Å². The summed E-state index contributed by atoms with van der Waals surface area (Å²) in [5, 5.41) is 2.57. The van der Waals surface area contributed by atoms with Gasteiger partial charge in [-0.3, -0.25) is 0 Å². The van der Waals surface area contributed by atoms with Gasteiger partial charge in [0.25, 0.3) is 0 Å². The lowest BCUT2D eigenvalue weighted by Gasteiger charge is -2.30. The Kier molecular flexibility index (Phi) is 14.5. The molecule has 6 aromatic carbocycles. The number of ether oxygens (including phenoxy) is 2. The first-order valence-electron chi connectivity index (χ1n) is 26.1. The van der Waals surface area contributed by atoms with Crippen LogP contribution in [-0.4, -0.2) is 14.2 Å². The van der Waals surface area contributed by atoms with E-state index < -0.39 is 38.9 Å². The van der Waals surface area contributed by atoms with E-state index in [9.17, 15) is 8.78 Å². The normalized spacial score (nSPS) is 13.0. The Bertz CT molecular complexity index is 3510. The minimum Gasteiger partial charge on any atom is -0.496 e. The van der Waals surface area contributed by atoms with Crippen LogP contribution in [0.2, 0.25) is 0 Å². The van der Waals surface area contributed by atoms with Gasteiger partial charge in [0, 0.05) is 66.1 Å². The monoisotopic (exact) mass is 1070 g/mol. The first-order valence-corrected chi connectivity index (χ1v) is 28.3. The molecule has 12 heteroatoms. The minimum atomic E-state index is -2.36. The molecule has 0 saturated carbocycles. The highest BCUT2D eigenvalue weighted by atomic mass is 31.1. The van der Waals surface area contributed by atoms with Crippen molar-refractivity contribution in [3.05, 3.63) is 129 Å². The molecule has 0 spiro atoms. The second-order valence-electron chi connectivity index (χ2n) is 26.5. The molecule has 0 fully saturated rings. The molecule has 0 aliphatic rings. The Morgan fingerprint density at radius 1 is 0.382 bits per heavy atom. The van der Waals surface area contributed by atoms with Gasteiger partial charge in [0.1, 0.15) is 57.0 Å². The summed E-state index contributed by atoms with van der Waals surface area (Å²) in [5.74, 6) is 1.16. The fraction of sp³-hybridized carbons (Fsp3) is 0.438. The summed E-state index contributed by atoms with van der Waals surface area (Å²) in [5.41, 5.74) is 8.61. The van der Waals surface area contributed by atoms with Gasteiger partial charge in [-0.1, -0.05) is 137 Å². The number of benzene rings is 6. The molecule has 8 rings (SSSR count). The van der Waals surface area contributed by atoms with Crippen LogP contribution in [0.4, 0.5) is 8.78 Å². The summed E-state index contributed by atoms with van der Waals surface area (Å²) < 4.78 is 85.6. The second-order valence-corrected chi connectivity index (χ2v) is 28.5. The lowest BCUT2D eigenvalue weighted by Crippen LogP contribution is -2.17.